The first-order valence-corrected chi connectivity index (χ1v) is 5.62. The molecule has 17 heavy (non-hydrogen) atoms. The van der Waals surface area contributed by atoms with Crippen molar-refractivity contribution in [2.45, 2.75) is 51.6 Å². The lowest BCUT2D eigenvalue weighted by Gasteiger charge is -1.96. The Labute approximate surface area is 101 Å². The lowest BCUT2D eigenvalue weighted by Crippen LogP contribution is -2.03. The second-order valence-electron chi connectivity index (χ2n) is 3.73. The fraction of sp³-hybridized carbons (Fsp3) is 0.818. The van der Waals surface area contributed by atoms with E-state index >= 15 is 0 Å². The van der Waals surface area contributed by atoms with Crippen LogP contribution in [-0.4, -0.2) is 45.1 Å². The molecular formula is C11H22O6. The highest BCUT2D eigenvalue weighted by Crippen LogP contribution is 2.04. The summed E-state index contributed by atoms with van der Waals surface area (Å²) in [6.45, 7) is 1.39. The van der Waals surface area contributed by atoms with Gasteiger partial charge in [-0.25, -0.2) is 0 Å². The van der Waals surface area contributed by atoms with Crippen molar-refractivity contribution in [3.05, 3.63) is 0 Å². The van der Waals surface area contributed by atoms with Crippen LogP contribution in [0.4, 0.5) is 0 Å². The molecule has 1 atom stereocenters. The molecule has 0 aromatic rings. The summed E-state index contributed by atoms with van der Waals surface area (Å²) in [6, 6.07) is 0. The van der Waals surface area contributed by atoms with Crippen LogP contribution >= 0.6 is 0 Å². The standard InChI is InChI=1S/C8H14O4.C3H8O2/c9-7(10)5-3-1-2-4-6-8(11)12;1-3(5)2-4/h1-6H2,(H,9,10)(H,11,12);3-5H,2H2,1H3. The van der Waals surface area contributed by atoms with Crippen LogP contribution in [0.15, 0.2) is 0 Å². The molecule has 6 nitrogen and oxygen atoms in total. The fourth-order valence-electron chi connectivity index (χ4n) is 0.906. The lowest BCUT2D eigenvalue weighted by atomic mass is 10.1. The van der Waals surface area contributed by atoms with Gasteiger partial charge in [-0.15, -0.1) is 0 Å². The number of rotatable bonds is 8. The quantitative estimate of drug-likeness (QED) is 0.475. The van der Waals surface area contributed by atoms with Crippen molar-refractivity contribution in [2.75, 3.05) is 6.61 Å². The molecule has 102 valence electrons. The van der Waals surface area contributed by atoms with E-state index in [2.05, 4.69) is 0 Å². The number of carboxylic acid groups (broad SMARTS) is 2. The zero-order chi connectivity index (χ0) is 13.7. The first kappa shape index (κ1) is 18.2. The molecule has 0 bridgehead atoms. The Morgan fingerprint density at radius 1 is 0.941 bits per heavy atom. The molecule has 0 rings (SSSR count). The van der Waals surface area contributed by atoms with Gasteiger partial charge in [0.25, 0.3) is 0 Å². The van der Waals surface area contributed by atoms with Crippen molar-refractivity contribution in [1.82, 2.24) is 0 Å². The van der Waals surface area contributed by atoms with Gasteiger partial charge in [0.15, 0.2) is 0 Å². The Hall–Kier alpha value is -1.14. The zero-order valence-electron chi connectivity index (χ0n) is 10.1. The van der Waals surface area contributed by atoms with Crippen LogP contribution in [0.3, 0.4) is 0 Å². The molecule has 0 heterocycles. The van der Waals surface area contributed by atoms with Crippen LogP contribution in [0.5, 0.6) is 0 Å². The first-order chi connectivity index (χ1) is 7.90. The number of carbonyl (C=O) groups is 2. The Morgan fingerprint density at radius 3 is 1.41 bits per heavy atom. The second-order valence-corrected chi connectivity index (χ2v) is 3.73. The molecule has 0 aromatic heterocycles. The number of unbranched alkanes of at least 4 members (excludes halogenated alkanes) is 3. The summed E-state index contributed by atoms with van der Waals surface area (Å²) in [5.41, 5.74) is 0. The van der Waals surface area contributed by atoms with Crippen molar-refractivity contribution in [3.63, 3.8) is 0 Å². The third-order valence-electron chi connectivity index (χ3n) is 1.80. The first-order valence-electron chi connectivity index (χ1n) is 5.62. The molecule has 4 N–H and O–H groups in total. The topological polar surface area (TPSA) is 115 Å². The number of aliphatic hydroxyl groups excluding tert-OH is 2. The van der Waals surface area contributed by atoms with E-state index in [0.717, 1.165) is 12.8 Å². The maximum absolute atomic E-state index is 10.0. The Balaban J connectivity index is 0. The maximum atomic E-state index is 10.0. The third-order valence-corrected chi connectivity index (χ3v) is 1.80. The van der Waals surface area contributed by atoms with E-state index in [-0.39, 0.29) is 19.4 Å². The van der Waals surface area contributed by atoms with Crippen LogP contribution in [0.25, 0.3) is 0 Å². The van der Waals surface area contributed by atoms with Crippen LogP contribution in [-0.2, 0) is 9.59 Å². The van der Waals surface area contributed by atoms with E-state index in [9.17, 15) is 9.59 Å². The normalized spacial score (nSPS) is 11.2. The summed E-state index contributed by atoms with van der Waals surface area (Å²) in [4.78, 5) is 20.1. The SMILES string of the molecule is CC(O)CO.O=C(O)CCCCCCC(=O)O. The van der Waals surface area contributed by atoms with Gasteiger partial charge in [0, 0.05) is 12.8 Å². The van der Waals surface area contributed by atoms with Gasteiger partial charge in [0.05, 0.1) is 12.7 Å². The predicted octanol–water partition coefficient (Wildman–Crippen LogP) is 0.856. The number of aliphatic hydroxyl groups is 2. The van der Waals surface area contributed by atoms with Gasteiger partial charge >= 0.3 is 11.9 Å². The third kappa shape index (κ3) is 25.3. The molecule has 1 unspecified atom stereocenters. The molecule has 0 aliphatic heterocycles. The highest BCUT2D eigenvalue weighted by molar-refractivity contribution is 5.66. The zero-order valence-corrected chi connectivity index (χ0v) is 10.1. The number of carboxylic acids is 2. The van der Waals surface area contributed by atoms with E-state index in [1.165, 1.54) is 6.92 Å². The molecule has 6 heteroatoms. The second kappa shape index (κ2) is 12.9. The Bertz CT molecular complexity index is 184. The molecule has 0 aliphatic rings. The van der Waals surface area contributed by atoms with Crippen molar-refractivity contribution in [3.8, 4) is 0 Å². The molecular weight excluding hydrogens is 228 g/mol. The van der Waals surface area contributed by atoms with Crippen LogP contribution < -0.4 is 0 Å². The molecule has 0 amide bonds. The van der Waals surface area contributed by atoms with Gasteiger partial charge in [-0.05, 0) is 19.8 Å². The maximum Gasteiger partial charge on any atom is 0.303 e. The smallest absolute Gasteiger partial charge is 0.303 e. The largest absolute Gasteiger partial charge is 0.481 e. The van der Waals surface area contributed by atoms with Gasteiger partial charge in [-0.1, -0.05) is 12.8 Å². The average Bonchev–Trinajstić information content (AvgIpc) is 2.23. The lowest BCUT2D eigenvalue weighted by molar-refractivity contribution is -0.138. The van der Waals surface area contributed by atoms with E-state index in [1.807, 2.05) is 0 Å². The minimum Gasteiger partial charge on any atom is -0.481 e. The highest BCUT2D eigenvalue weighted by Gasteiger charge is 1.98. The molecule has 0 fully saturated rings. The summed E-state index contributed by atoms with van der Waals surface area (Å²) in [5, 5.41) is 32.5. The molecule has 0 radical (unpaired) electrons. The summed E-state index contributed by atoms with van der Waals surface area (Å²) in [5.74, 6) is -1.57. The molecule has 0 aliphatic carbocycles. The minimum atomic E-state index is -0.784. The number of hydrogen-bond acceptors (Lipinski definition) is 4. The number of aliphatic carboxylic acids is 2. The van der Waals surface area contributed by atoms with Gasteiger partial charge in [-0.2, -0.15) is 0 Å². The highest BCUT2D eigenvalue weighted by atomic mass is 16.4. The minimum absolute atomic E-state index is 0.139. The van der Waals surface area contributed by atoms with E-state index in [1.54, 1.807) is 0 Å². The summed E-state index contributed by atoms with van der Waals surface area (Å²) < 4.78 is 0. The van der Waals surface area contributed by atoms with E-state index < -0.39 is 18.0 Å². The Morgan fingerprint density at radius 2 is 1.24 bits per heavy atom. The summed E-state index contributed by atoms with van der Waals surface area (Å²) in [7, 11) is 0. The molecule has 0 spiro atoms. The fourth-order valence-corrected chi connectivity index (χ4v) is 0.906. The van der Waals surface area contributed by atoms with Gasteiger partial charge in [0.2, 0.25) is 0 Å². The van der Waals surface area contributed by atoms with Crippen LogP contribution in [0, 0.1) is 0 Å². The monoisotopic (exact) mass is 250 g/mol. The molecule has 0 aromatic carbocycles. The summed E-state index contributed by atoms with van der Waals surface area (Å²) >= 11 is 0. The average molecular weight is 250 g/mol. The van der Waals surface area contributed by atoms with Gasteiger partial charge in [-0.3, -0.25) is 9.59 Å². The number of hydrogen-bond donors (Lipinski definition) is 4. The van der Waals surface area contributed by atoms with Crippen molar-refractivity contribution in [1.29, 1.82) is 0 Å². The van der Waals surface area contributed by atoms with Crippen LogP contribution in [0.2, 0.25) is 0 Å². The van der Waals surface area contributed by atoms with Gasteiger partial charge in [0.1, 0.15) is 0 Å². The van der Waals surface area contributed by atoms with E-state index in [0.29, 0.717) is 12.8 Å². The van der Waals surface area contributed by atoms with Crippen molar-refractivity contribution < 1.29 is 30.0 Å². The van der Waals surface area contributed by atoms with Gasteiger partial charge < -0.3 is 20.4 Å². The molecule has 0 saturated carbocycles. The van der Waals surface area contributed by atoms with E-state index in [4.69, 9.17) is 20.4 Å². The predicted molar refractivity (Wildman–Crippen MR) is 61.7 cm³/mol. The van der Waals surface area contributed by atoms with Crippen LogP contribution in [0.1, 0.15) is 45.4 Å². The Kier molecular flexibility index (Phi) is 13.9. The van der Waals surface area contributed by atoms with Crippen molar-refractivity contribution in [2.24, 2.45) is 0 Å². The molecule has 0 saturated heterocycles. The summed E-state index contributed by atoms with van der Waals surface area (Å²) in [6.07, 6.45) is 2.72. The van der Waals surface area contributed by atoms with Crippen molar-refractivity contribution >= 4 is 11.9 Å².